The molecule has 0 radical (unpaired) electrons. The molecule has 1 aromatic carbocycles. The molecule has 0 saturated carbocycles. The van der Waals surface area contributed by atoms with Crippen molar-refractivity contribution in [2.75, 3.05) is 0 Å². The molecule has 6 heteroatoms. The molecule has 0 aliphatic rings. The van der Waals surface area contributed by atoms with E-state index in [9.17, 15) is 13.2 Å². The van der Waals surface area contributed by atoms with Crippen molar-refractivity contribution >= 4 is 28.4 Å². The average molecular weight is 271 g/mol. The number of rotatable bonds is 4. The number of carbonyl (C=O) groups excluding carboxylic acids is 1. The Morgan fingerprint density at radius 1 is 1.29 bits per heavy atom. The van der Waals surface area contributed by atoms with Crippen molar-refractivity contribution in [2.45, 2.75) is 18.7 Å². The second-order valence-electron chi connectivity index (χ2n) is 3.52. The predicted molar refractivity (Wildman–Crippen MR) is 69.3 cm³/mol. The number of carbonyl (C=O) groups is 1. The van der Waals surface area contributed by atoms with E-state index in [0.29, 0.717) is 0 Å². The average Bonchev–Trinajstić information content (AvgIpc) is 2.26. The lowest BCUT2D eigenvalue weighted by Crippen LogP contribution is -2.26. The molecular weight excluding hydrogens is 258 g/mol. The summed E-state index contributed by atoms with van der Waals surface area (Å²) >= 11 is 3.79. The van der Waals surface area contributed by atoms with Gasteiger partial charge in [-0.15, -0.1) is 12.6 Å². The van der Waals surface area contributed by atoms with Crippen LogP contribution in [0.25, 0.3) is 0 Å². The van der Waals surface area contributed by atoms with E-state index in [-0.39, 0.29) is 10.6 Å². The summed E-state index contributed by atoms with van der Waals surface area (Å²) in [4.78, 5) is 11.2. The Balaban J connectivity index is 3.05. The normalized spacial score (nSPS) is 12.3. The summed E-state index contributed by atoms with van der Waals surface area (Å²) in [6.45, 7) is 3.12. The maximum Gasteiger partial charge on any atom is 0.262 e. The lowest BCUT2D eigenvalue weighted by Gasteiger charge is -2.08. The van der Waals surface area contributed by atoms with Crippen LogP contribution in [-0.4, -0.2) is 14.2 Å². The highest BCUT2D eigenvalue weighted by molar-refractivity contribution is 7.89. The number of ketones is 1. The Hall–Kier alpha value is -1.27. The van der Waals surface area contributed by atoms with E-state index in [1.165, 1.54) is 19.1 Å². The number of sulfonamides is 1. The standard InChI is InChI=1S/C11H13NO3S2/c1-8-3-5-10(6-4-8)17(14,15)12-11(7-16)9(2)13/h3-7,12,16H,1-2H3/b11-7-. The first-order valence-electron chi connectivity index (χ1n) is 4.81. The summed E-state index contributed by atoms with van der Waals surface area (Å²) < 4.78 is 25.9. The molecule has 92 valence electrons. The molecule has 4 nitrogen and oxygen atoms in total. The van der Waals surface area contributed by atoms with Gasteiger partial charge in [0.15, 0.2) is 5.78 Å². The molecule has 0 amide bonds. The highest BCUT2D eigenvalue weighted by Crippen LogP contribution is 2.11. The molecule has 17 heavy (non-hydrogen) atoms. The molecule has 0 saturated heterocycles. The number of nitrogens with one attached hydrogen (secondary N) is 1. The van der Waals surface area contributed by atoms with Gasteiger partial charge in [0.1, 0.15) is 0 Å². The van der Waals surface area contributed by atoms with Crippen molar-refractivity contribution in [1.82, 2.24) is 4.72 Å². The maximum absolute atomic E-state index is 11.9. The van der Waals surface area contributed by atoms with Gasteiger partial charge in [-0.25, -0.2) is 8.42 Å². The van der Waals surface area contributed by atoms with Crippen LogP contribution in [0.2, 0.25) is 0 Å². The molecular formula is C11H13NO3S2. The van der Waals surface area contributed by atoms with Crippen LogP contribution >= 0.6 is 12.6 Å². The van der Waals surface area contributed by atoms with Crippen LogP contribution < -0.4 is 4.72 Å². The van der Waals surface area contributed by atoms with E-state index in [2.05, 4.69) is 17.4 Å². The summed E-state index contributed by atoms with van der Waals surface area (Å²) in [6.07, 6.45) is 0. The van der Waals surface area contributed by atoms with E-state index in [1.807, 2.05) is 6.92 Å². The van der Waals surface area contributed by atoms with Crippen molar-refractivity contribution < 1.29 is 13.2 Å². The van der Waals surface area contributed by atoms with Gasteiger partial charge < -0.3 is 0 Å². The minimum atomic E-state index is -3.72. The first kappa shape index (κ1) is 13.8. The zero-order valence-electron chi connectivity index (χ0n) is 9.47. The predicted octanol–water partition coefficient (Wildman–Crippen LogP) is 1.63. The van der Waals surface area contributed by atoms with Gasteiger partial charge in [-0.2, -0.15) is 0 Å². The van der Waals surface area contributed by atoms with E-state index in [4.69, 9.17) is 0 Å². The van der Waals surface area contributed by atoms with Crippen molar-refractivity contribution in [3.05, 3.63) is 40.9 Å². The minimum Gasteiger partial charge on any atom is -0.293 e. The van der Waals surface area contributed by atoms with Gasteiger partial charge in [-0.05, 0) is 24.5 Å². The fraction of sp³-hybridized carbons (Fsp3) is 0.182. The van der Waals surface area contributed by atoms with Crippen LogP contribution in [0, 0.1) is 6.92 Å². The molecule has 0 atom stereocenters. The first-order chi connectivity index (χ1) is 7.86. The quantitative estimate of drug-likeness (QED) is 0.646. The second-order valence-corrected chi connectivity index (χ2v) is 5.46. The van der Waals surface area contributed by atoms with Crippen LogP contribution in [0.1, 0.15) is 12.5 Å². The Bertz CT molecular complexity index is 545. The number of thiol groups is 1. The van der Waals surface area contributed by atoms with Gasteiger partial charge >= 0.3 is 0 Å². The lowest BCUT2D eigenvalue weighted by molar-refractivity contribution is -0.113. The van der Waals surface area contributed by atoms with E-state index in [0.717, 1.165) is 11.0 Å². The van der Waals surface area contributed by atoms with Gasteiger partial charge in [0.25, 0.3) is 10.0 Å². The molecule has 0 unspecified atom stereocenters. The van der Waals surface area contributed by atoms with Crippen molar-refractivity contribution in [3.8, 4) is 0 Å². The maximum atomic E-state index is 11.9. The Labute approximate surface area is 106 Å². The molecule has 1 rings (SSSR count). The molecule has 0 bridgehead atoms. The van der Waals surface area contributed by atoms with E-state index < -0.39 is 15.8 Å². The lowest BCUT2D eigenvalue weighted by atomic mass is 10.2. The Morgan fingerprint density at radius 3 is 2.24 bits per heavy atom. The number of hydrogen-bond donors (Lipinski definition) is 2. The summed E-state index contributed by atoms with van der Waals surface area (Å²) in [5, 5.41) is 1.13. The number of allylic oxidation sites excluding steroid dienone is 1. The molecule has 0 heterocycles. The summed E-state index contributed by atoms with van der Waals surface area (Å²) in [7, 11) is -3.72. The van der Waals surface area contributed by atoms with Crippen molar-refractivity contribution in [2.24, 2.45) is 0 Å². The number of benzene rings is 1. The van der Waals surface area contributed by atoms with E-state index >= 15 is 0 Å². The monoisotopic (exact) mass is 271 g/mol. The summed E-state index contributed by atoms with van der Waals surface area (Å²) in [6, 6.07) is 6.33. The van der Waals surface area contributed by atoms with Gasteiger partial charge in [-0.1, -0.05) is 17.7 Å². The summed E-state index contributed by atoms with van der Waals surface area (Å²) in [5.74, 6) is -0.393. The van der Waals surface area contributed by atoms with Crippen molar-refractivity contribution in [3.63, 3.8) is 0 Å². The van der Waals surface area contributed by atoms with Gasteiger partial charge in [-0.3, -0.25) is 9.52 Å². The first-order valence-corrected chi connectivity index (χ1v) is 6.81. The van der Waals surface area contributed by atoms with Crippen LogP contribution in [0.4, 0.5) is 0 Å². The van der Waals surface area contributed by atoms with Crippen LogP contribution in [-0.2, 0) is 14.8 Å². The third-order valence-corrected chi connectivity index (χ3v) is 3.72. The minimum absolute atomic E-state index is 0.0612. The zero-order chi connectivity index (χ0) is 13.1. The molecule has 1 aromatic rings. The molecule has 0 aliphatic heterocycles. The van der Waals surface area contributed by atoms with Gasteiger partial charge in [0.2, 0.25) is 0 Å². The SMILES string of the molecule is CC(=O)/C(=C/S)NS(=O)(=O)c1ccc(C)cc1. The second kappa shape index (κ2) is 5.37. The molecule has 0 fully saturated rings. The van der Waals surface area contributed by atoms with E-state index in [1.54, 1.807) is 12.1 Å². The zero-order valence-corrected chi connectivity index (χ0v) is 11.2. The molecule has 0 aliphatic carbocycles. The highest BCUT2D eigenvalue weighted by atomic mass is 32.2. The third-order valence-electron chi connectivity index (χ3n) is 2.08. The molecule has 1 N–H and O–H groups in total. The number of Topliss-reactive ketones (excluding diaryl/α,β-unsaturated/α-hetero) is 1. The molecule has 0 aromatic heterocycles. The van der Waals surface area contributed by atoms with Crippen LogP contribution in [0.5, 0.6) is 0 Å². The fourth-order valence-electron chi connectivity index (χ4n) is 1.11. The third kappa shape index (κ3) is 3.61. The fourth-order valence-corrected chi connectivity index (χ4v) is 2.55. The van der Waals surface area contributed by atoms with Crippen LogP contribution in [0.3, 0.4) is 0 Å². The molecule has 0 spiro atoms. The topological polar surface area (TPSA) is 63.2 Å². The highest BCUT2D eigenvalue weighted by Gasteiger charge is 2.16. The van der Waals surface area contributed by atoms with Gasteiger partial charge in [0.05, 0.1) is 10.6 Å². The number of aryl methyl sites for hydroxylation is 1. The summed E-state index contributed by atoms with van der Waals surface area (Å²) in [5.41, 5.74) is 0.898. The van der Waals surface area contributed by atoms with Gasteiger partial charge in [0, 0.05) is 6.92 Å². The Kier molecular flexibility index (Phi) is 4.36. The number of hydrogen-bond acceptors (Lipinski definition) is 4. The Morgan fingerprint density at radius 2 is 1.82 bits per heavy atom. The smallest absolute Gasteiger partial charge is 0.262 e. The van der Waals surface area contributed by atoms with Crippen LogP contribution in [0.15, 0.2) is 40.3 Å². The van der Waals surface area contributed by atoms with Crippen molar-refractivity contribution in [1.29, 1.82) is 0 Å². The largest absolute Gasteiger partial charge is 0.293 e.